The Hall–Kier alpha value is -1.57. The number of amides is 1. The van der Waals surface area contributed by atoms with Gasteiger partial charge in [0.1, 0.15) is 5.37 Å². The van der Waals surface area contributed by atoms with Crippen molar-refractivity contribution >= 4 is 29.3 Å². The number of hydrogen-bond donors (Lipinski definition) is 1. The zero-order valence-electron chi connectivity index (χ0n) is 13.0. The SMILES string of the molecule is CC1CCN(C(=O)C2=CNC(C#Cc3cccc(Cl)c3)S2)CC1. The predicted octanol–water partition coefficient (Wildman–Crippen LogP) is 3.45. The van der Waals surface area contributed by atoms with Crippen LogP contribution in [0.1, 0.15) is 25.3 Å². The van der Waals surface area contributed by atoms with Gasteiger partial charge in [-0.1, -0.05) is 48.2 Å². The zero-order valence-corrected chi connectivity index (χ0v) is 14.6. The van der Waals surface area contributed by atoms with Crippen molar-refractivity contribution in [3.8, 4) is 11.8 Å². The highest BCUT2D eigenvalue weighted by molar-refractivity contribution is 8.05. The Balaban J connectivity index is 1.57. The summed E-state index contributed by atoms with van der Waals surface area (Å²) in [6.45, 7) is 3.96. The summed E-state index contributed by atoms with van der Waals surface area (Å²) in [6, 6.07) is 7.47. The minimum Gasteiger partial charge on any atom is -0.368 e. The van der Waals surface area contributed by atoms with E-state index >= 15 is 0 Å². The van der Waals surface area contributed by atoms with Crippen LogP contribution in [0.15, 0.2) is 35.4 Å². The number of carbonyl (C=O) groups excluding carboxylic acids is 1. The van der Waals surface area contributed by atoms with E-state index in [-0.39, 0.29) is 11.3 Å². The Labute approximate surface area is 146 Å². The molecule has 0 bridgehead atoms. The molecule has 2 aliphatic heterocycles. The maximum absolute atomic E-state index is 12.5. The first-order chi connectivity index (χ1) is 11.1. The van der Waals surface area contributed by atoms with Gasteiger partial charge in [0.05, 0.1) is 4.91 Å². The molecule has 3 rings (SSSR count). The Morgan fingerprint density at radius 1 is 1.39 bits per heavy atom. The van der Waals surface area contributed by atoms with Crippen molar-refractivity contribution in [1.29, 1.82) is 0 Å². The van der Waals surface area contributed by atoms with Gasteiger partial charge in [0, 0.05) is 29.9 Å². The summed E-state index contributed by atoms with van der Waals surface area (Å²) in [4.78, 5) is 15.2. The lowest BCUT2D eigenvalue weighted by atomic mass is 9.99. The molecule has 23 heavy (non-hydrogen) atoms. The zero-order chi connectivity index (χ0) is 16.2. The number of rotatable bonds is 1. The summed E-state index contributed by atoms with van der Waals surface area (Å²) in [7, 11) is 0. The molecule has 1 amide bonds. The molecule has 5 heteroatoms. The van der Waals surface area contributed by atoms with E-state index in [2.05, 4.69) is 24.1 Å². The van der Waals surface area contributed by atoms with Crippen molar-refractivity contribution in [2.45, 2.75) is 25.1 Å². The molecule has 1 aromatic carbocycles. The molecule has 120 valence electrons. The smallest absolute Gasteiger partial charge is 0.261 e. The average molecular weight is 347 g/mol. The normalized spacial score (nSPS) is 21.2. The summed E-state index contributed by atoms with van der Waals surface area (Å²) in [5, 5.41) is 3.76. The molecule has 1 saturated heterocycles. The maximum Gasteiger partial charge on any atom is 0.261 e. The summed E-state index contributed by atoms with van der Waals surface area (Å²) < 4.78 is 0. The first kappa shape index (κ1) is 16.3. The van der Waals surface area contributed by atoms with Gasteiger partial charge in [-0.2, -0.15) is 0 Å². The number of carbonyl (C=O) groups is 1. The molecule has 1 fully saturated rings. The van der Waals surface area contributed by atoms with Crippen LogP contribution in [-0.2, 0) is 4.79 Å². The highest BCUT2D eigenvalue weighted by atomic mass is 35.5. The van der Waals surface area contributed by atoms with E-state index in [9.17, 15) is 4.79 Å². The molecule has 0 radical (unpaired) electrons. The van der Waals surface area contributed by atoms with Crippen molar-refractivity contribution in [3.05, 3.63) is 46.0 Å². The highest BCUT2D eigenvalue weighted by Gasteiger charge is 2.27. The summed E-state index contributed by atoms with van der Waals surface area (Å²) in [6.07, 6.45) is 3.98. The van der Waals surface area contributed by atoms with E-state index in [0.717, 1.165) is 42.3 Å². The van der Waals surface area contributed by atoms with Crippen molar-refractivity contribution in [1.82, 2.24) is 10.2 Å². The van der Waals surface area contributed by atoms with E-state index in [0.29, 0.717) is 5.02 Å². The average Bonchev–Trinajstić information content (AvgIpc) is 3.02. The second kappa shape index (κ2) is 7.33. The van der Waals surface area contributed by atoms with Crippen LogP contribution in [-0.4, -0.2) is 29.3 Å². The number of likely N-dealkylation sites (tertiary alicyclic amines) is 1. The van der Waals surface area contributed by atoms with Gasteiger partial charge in [-0.25, -0.2) is 0 Å². The fourth-order valence-corrected chi connectivity index (χ4v) is 3.68. The minimum atomic E-state index is -0.0864. The van der Waals surface area contributed by atoms with Gasteiger partial charge >= 0.3 is 0 Å². The van der Waals surface area contributed by atoms with Crippen molar-refractivity contribution in [3.63, 3.8) is 0 Å². The van der Waals surface area contributed by atoms with Gasteiger partial charge in [0.25, 0.3) is 5.91 Å². The third kappa shape index (κ3) is 4.25. The van der Waals surface area contributed by atoms with Crippen molar-refractivity contribution < 1.29 is 4.79 Å². The molecule has 0 aromatic heterocycles. The molecule has 1 aromatic rings. The maximum atomic E-state index is 12.5. The Morgan fingerprint density at radius 2 is 2.17 bits per heavy atom. The standard InChI is InChI=1S/C18H19ClN2OS/c1-13-7-9-21(10-8-13)18(22)16-12-20-17(23-16)6-5-14-3-2-4-15(19)11-14/h2-4,11-13,17,20H,7-10H2,1H3. The lowest BCUT2D eigenvalue weighted by Gasteiger charge is -2.30. The van der Waals surface area contributed by atoms with Crippen LogP contribution in [0.2, 0.25) is 5.02 Å². The monoisotopic (exact) mass is 346 g/mol. The molecule has 3 nitrogen and oxygen atoms in total. The Morgan fingerprint density at radius 3 is 2.91 bits per heavy atom. The van der Waals surface area contributed by atoms with Crippen molar-refractivity contribution in [2.75, 3.05) is 13.1 Å². The molecule has 2 heterocycles. The third-order valence-corrected chi connectivity index (χ3v) is 5.34. The summed E-state index contributed by atoms with van der Waals surface area (Å²) in [5.74, 6) is 7.08. The summed E-state index contributed by atoms with van der Waals surface area (Å²) in [5.41, 5.74) is 0.879. The van der Waals surface area contributed by atoms with Crippen LogP contribution in [0.4, 0.5) is 0 Å². The Kier molecular flexibility index (Phi) is 5.20. The van der Waals surface area contributed by atoms with Gasteiger partial charge < -0.3 is 10.2 Å². The van der Waals surface area contributed by atoms with E-state index in [1.807, 2.05) is 29.2 Å². The van der Waals surface area contributed by atoms with Gasteiger partial charge in [-0.15, -0.1) is 0 Å². The fourth-order valence-electron chi connectivity index (χ4n) is 2.61. The number of nitrogens with zero attached hydrogens (tertiary/aromatic N) is 1. The summed E-state index contributed by atoms with van der Waals surface area (Å²) >= 11 is 7.44. The largest absolute Gasteiger partial charge is 0.368 e. The third-order valence-electron chi connectivity index (χ3n) is 4.06. The van der Waals surface area contributed by atoms with Gasteiger partial charge in [0.15, 0.2) is 0 Å². The van der Waals surface area contributed by atoms with Gasteiger partial charge in [-0.3, -0.25) is 4.79 Å². The van der Waals surface area contributed by atoms with Gasteiger partial charge in [0.2, 0.25) is 0 Å². The van der Waals surface area contributed by atoms with Crippen LogP contribution >= 0.6 is 23.4 Å². The minimum absolute atomic E-state index is 0.0864. The van der Waals surface area contributed by atoms with E-state index in [1.165, 1.54) is 11.8 Å². The number of thioether (sulfide) groups is 1. The topological polar surface area (TPSA) is 32.3 Å². The second-order valence-electron chi connectivity index (χ2n) is 5.93. The molecule has 1 atom stereocenters. The van der Waals surface area contributed by atoms with Crippen LogP contribution in [0.5, 0.6) is 0 Å². The molecular formula is C18H19ClN2OS. The fraction of sp³-hybridized carbons (Fsp3) is 0.389. The van der Waals surface area contributed by atoms with E-state index in [1.54, 1.807) is 6.20 Å². The molecule has 2 aliphatic rings. The first-order valence-corrected chi connectivity index (χ1v) is 9.07. The molecule has 1 unspecified atom stereocenters. The number of halogens is 1. The molecular weight excluding hydrogens is 328 g/mol. The molecule has 1 N–H and O–H groups in total. The second-order valence-corrected chi connectivity index (χ2v) is 7.51. The highest BCUT2D eigenvalue weighted by Crippen LogP contribution is 2.28. The lowest BCUT2D eigenvalue weighted by molar-refractivity contribution is -0.127. The molecule has 0 saturated carbocycles. The van der Waals surface area contributed by atoms with Crippen molar-refractivity contribution in [2.24, 2.45) is 5.92 Å². The van der Waals surface area contributed by atoms with Crippen LogP contribution in [0.3, 0.4) is 0 Å². The number of benzene rings is 1. The molecule has 0 aliphatic carbocycles. The lowest BCUT2D eigenvalue weighted by Crippen LogP contribution is -2.38. The predicted molar refractivity (Wildman–Crippen MR) is 95.9 cm³/mol. The van der Waals surface area contributed by atoms with E-state index in [4.69, 9.17) is 11.6 Å². The first-order valence-electron chi connectivity index (χ1n) is 7.81. The van der Waals surface area contributed by atoms with E-state index < -0.39 is 0 Å². The van der Waals surface area contributed by atoms with Crippen LogP contribution in [0.25, 0.3) is 0 Å². The van der Waals surface area contributed by atoms with Crippen LogP contribution in [0, 0.1) is 17.8 Å². The number of hydrogen-bond acceptors (Lipinski definition) is 3. The van der Waals surface area contributed by atoms with Crippen LogP contribution < -0.4 is 5.32 Å². The number of piperidine rings is 1. The molecule has 0 spiro atoms. The Bertz CT molecular complexity index is 684. The number of nitrogens with one attached hydrogen (secondary N) is 1. The quantitative estimate of drug-likeness (QED) is 0.790. The van der Waals surface area contributed by atoms with Gasteiger partial charge in [-0.05, 0) is 37.0 Å².